The van der Waals surface area contributed by atoms with Crippen LogP contribution < -0.4 is 5.32 Å². The summed E-state index contributed by atoms with van der Waals surface area (Å²) in [4.78, 5) is 0. The second-order valence-corrected chi connectivity index (χ2v) is 8.73. The van der Waals surface area contributed by atoms with Gasteiger partial charge < -0.3 is 5.32 Å². The molecule has 3 atom stereocenters. The Hall–Kier alpha value is -0.870. The van der Waals surface area contributed by atoms with Crippen molar-refractivity contribution in [3.8, 4) is 0 Å². The normalized spacial score (nSPS) is 26.7. The van der Waals surface area contributed by atoms with Crippen LogP contribution in [0.4, 0.5) is 0 Å². The predicted octanol–water partition coefficient (Wildman–Crippen LogP) is 3.15. The quantitative estimate of drug-likeness (QED) is 0.909. The van der Waals surface area contributed by atoms with Gasteiger partial charge in [-0.1, -0.05) is 51.0 Å². The average Bonchev–Trinajstić information content (AvgIpc) is 2.40. The number of nitrogens with one attached hydrogen (secondary N) is 1. The molecule has 0 amide bonds. The molecular weight excluding hydrogens is 282 g/mol. The molecule has 1 aliphatic carbocycles. The largest absolute Gasteiger partial charge is 0.310 e. The first-order valence-corrected chi connectivity index (χ1v) is 9.91. The highest BCUT2D eigenvalue weighted by molar-refractivity contribution is 7.89. The molecule has 4 heteroatoms. The van der Waals surface area contributed by atoms with Gasteiger partial charge in [0.05, 0.1) is 5.75 Å². The molecule has 3 nitrogen and oxygen atoms in total. The van der Waals surface area contributed by atoms with Crippen LogP contribution in [0.25, 0.3) is 0 Å². The fourth-order valence-electron chi connectivity index (χ4n) is 3.26. The molecule has 0 bridgehead atoms. The molecule has 0 aromatic heterocycles. The smallest absolute Gasteiger partial charge is 0.151 e. The molecule has 0 saturated heterocycles. The van der Waals surface area contributed by atoms with Crippen molar-refractivity contribution in [1.29, 1.82) is 0 Å². The maximum absolute atomic E-state index is 11.5. The third kappa shape index (κ3) is 4.82. The van der Waals surface area contributed by atoms with Crippen molar-refractivity contribution in [2.75, 3.05) is 6.26 Å². The SMILES string of the molecule is C[C@H]1[C@H](C)CCC[C@@H]1NCc1ccccc1CS(C)(=O)=O. The lowest BCUT2D eigenvalue weighted by Crippen LogP contribution is -2.40. The molecular formula is C17H27NO2S. The van der Waals surface area contributed by atoms with Crippen LogP contribution in [0.3, 0.4) is 0 Å². The zero-order valence-corrected chi connectivity index (χ0v) is 14.1. The number of sulfone groups is 1. The van der Waals surface area contributed by atoms with Crippen LogP contribution in [0, 0.1) is 11.8 Å². The van der Waals surface area contributed by atoms with E-state index in [4.69, 9.17) is 0 Å². The van der Waals surface area contributed by atoms with E-state index < -0.39 is 9.84 Å². The molecule has 118 valence electrons. The van der Waals surface area contributed by atoms with Gasteiger partial charge in [-0.2, -0.15) is 0 Å². The van der Waals surface area contributed by atoms with Crippen molar-refractivity contribution >= 4 is 9.84 Å². The van der Waals surface area contributed by atoms with Crippen molar-refractivity contribution in [3.63, 3.8) is 0 Å². The van der Waals surface area contributed by atoms with Crippen molar-refractivity contribution in [2.24, 2.45) is 11.8 Å². The summed E-state index contributed by atoms with van der Waals surface area (Å²) >= 11 is 0. The van der Waals surface area contributed by atoms with E-state index in [9.17, 15) is 8.42 Å². The van der Waals surface area contributed by atoms with Crippen molar-refractivity contribution in [2.45, 2.75) is 51.4 Å². The summed E-state index contributed by atoms with van der Waals surface area (Å²) in [6.45, 7) is 5.41. The van der Waals surface area contributed by atoms with Gasteiger partial charge in [0.1, 0.15) is 0 Å². The molecule has 2 rings (SSSR count). The molecule has 1 N–H and O–H groups in total. The molecule has 0 spiro atoms. The Morgan fingerprint density at radius 2 is 1.81 bits per heavy atom. The first kappa shape index (κ1) is 16.5. The molecule has 1 aromatic carbocycles. The molecule has 1 fully saturated rings. The fourth-order valence-corrected chi connectivity index (χ4v) is 4.11. The summed E-state index contributed by atoms with van der Waals surface area (Å²) in [7, 11) is -2.99. The van der Waals surface area contributed by atoms with Crippen LogP contribution in [0.2, 0.25) is 0 Å². The van der Waals surface area contributed by atoms with Gasteiger partial charge in [0.25, 0.3) is 0 Å². The minimum atomic E-state index is -2.99. The Labute approximate surface area is 129 Å². The van der Waals surface area contributed by atoms with Crippen molar-refractivity contribution in [3.05, 3.63) is 35.4 Å². The van der Waals surface area contributed by atoms with Crippen LogP contribution in [0.5, 0.6) is 0 Å². The molecule has 1 aromatic rings. The lowest BCUT2D eigenvalue weighted by atomic mass is 9.78. The van der Waals surface area contributed by atoms with Crippen molar-refractivity contribution < 1.29 is 8.42 Å². The first-order chi connectivity index (χ1) is 9.87. The van der Waals surface area contributed by atoms with E-state index in [1.165, 1.54) is 25.5 Å². The summed E-state index contributed by atoms with van der Waals surface area (Å²) in [6.07, 6.45) is 5.13. The second-order valence-electron chi connectivity index (χ2n) is 6.59. The summed E-state index contributed by atoms with van der Waals surface area (Å²) in [5.41, 5.74) is 2.03. The van der Waals surface area contributed by atoms with Crippen molar-refractivity contribution in [1.82, 2.24) is 5.32 Å². The van der Waals surface area contributed by atoms with E-state index in [-0.39, 0.29) is 5.75 Å². The van der Waals surface area contributed by atoms with Gasteiger partial charge in [-0.3, -0.25) is 0 Å². The summed E-state index contributed by atoms with van der Waals surface area (Å²) < 4.78 is 23.1. The summed E-state index contributed by atoms with van der Waals surface area (Å²) in [6, 6.07) is 8.39. The number of rotatable bonds is 5. The van der Waals surface area contributed by atoms with Gasteiger partial charge >= 0.3 is 0 Å². The van der Waals surface area contributed by atoms with Crippen LogP contribution in [0.1, 0.15) is 44.2 Å². The van der Waals surface area contributed by atoms with Gasteiger partial charge in [0, 0.05) is 18.8 Å². The standard InChI is InChI=1S/C17H27NO2S/c1-13-7-6-10-17(14(13)2)18-11-15-8-4-5-9-16(15)12-21(3,19)20/h4-5,8-9,13-14,17-18H,6-7,10-12H2,1-3H3/t13-,14+,17+/m1/s1. The highest BCUT2D eigenvalue weighted by Gasteiger charge is 2.26. The topological polar surface area (TPSA) is 46.2 Å². The van der Waals surface area contributed by atoms with Crippen LogP contribution in [-0.2, 0) is 22.1 Å². The number of hydrogen-bond donors (Lipinski definition) is 1. The Balaban J connectivity index is 2.03. The fraction of sp³-hybridized carbons (Fsp3) is 0.647. The second kappa shape index (κ2) is 6.93. The van der Waals surface area contributed by atoms with Gasteiger partial charge in [-0.25, -0.2) is 8.42 Å². The Morgan fingerprint density at radius 3 is 2.48 bits per heavy atom. The lowest BCUT2D eigenvalue weighted by Gasteiger charge is -2.35. The van der Waals surface area contributed by atoms with E-state index in [1.54, 1.807) is 0 Å². The molecule has 0 unspecified atom stereocenters. The van der Waals surface area contributed by atoms with E-state index >= 15 is 0 Å². The molecule has 1 aliphatic rings. The maximum atomic E-state index is 11.5. The third-order valence-corrected chi connectivity index (χ3v) is 5.63. The maximum Gasteiger partial charge on any atom is 0.151 e. The average molecular weight is 309 g/mol. The van der Waals surface area contributed by atoms with E-state index in [0.717, 1.165) is 23.6 Å². The lowest BCUT2D eigenvalue weighted by molar-refractivity contribution is 0.206. The van der Waals surface area contributed by atoms with Crippen LogP contribution >= 0.6 is 0 Å². The van der Waals surface area contributed by atoms with Gasteiger partial charge in [0.2, 0.25) is 0 Å². The minimum Gasteiger partial charge on any atom is -0.310 e. The molecule has 0 radical (unpaired) electrons. The Kier molecular flexibility index (Phi) is 5.44. The van der Waals surface area contributed by atoms with E-state index in [1.807, 2.05) is 24.3 Å². The zero-order chi connectivity index (χ0) is 15.5. The number of hydrogen-bond acceptors (Lipinski definition) is 3. The first-order valence-electron chi connectivity index (χ1n) is 7.84. The monoisotopic (exact) mass is 309 g/mol. The van der Waals surface area contributed by atoms with E-state index in [2.05, 4.69) is 19.2 Å². The Bertz CT molecular complexity index is 568. The highest BCUT2D eigenvalue weighted by Crippen LogP contribution is 2.29. The predicted molar refractivity (Wildman–Crippen MR) is 87.8 cm³/mol. The third-order valence-electron chi connectivity index (χ3n) is 4.80. The molecule has 21 heavy (non-hydrogen) atoms. The molecule has 1 saturated carbocycles. The Morgan fingerprint density at radius 1 is 1.14 bits per heavy atom. The number of benzene rings is 1. The molecule has 0 heterocycles. The summed E-state index contributed by atoms with van der Waals surface area (Å²) in [5, 5.41) is 3.65. The van der Waals surface area contributed by atoms with Gasteiger partial charge in [-0.15, -0.1) is 0 Å². The van der Waals surface area contributed by atoms with E-state index in [0.29, 0.717) is 12.0 Å². The summed E-state index contributed by atoms with van der Waals surface area (Å²) in [5.74, 6) is 1.57. The van der Waals surface area contributed by atoms with Crippen LogP contribution in [-0.4, -0.2) is 20.7 Å². The van der Waals surface area contributed by atoms with Crippen LogP contribution in [0.15, 0.2) is 24.3 Å². The zero-order valence-electron chi connectivity index (χ0n) is 13.3. The van der Waals surface area contributed by atoms with Gasteiger partial charge in [0.15, 0.2) is 9.84 Å². The van der Waals surface area contributed by atoms with Gasteiger partial charge in [-0.05, 0) is 29.4 Å². The minimum absolute atomic E-state index is 0.126. The molecule has 0 aliphatic heterocycles. The highest BCUT2D eigenvalue weighted by atomic mass is 32.2.